The van der Waals surface area contributed by atoms with Crippen LogP contribution in [0.4, 0.5) is 0 Å². The molecule has 128 valence electrons. The number of hydrogen-bond donors (Lipinski definition) is 1. The highest BCUT2D eigenvalue weighted by atomic mass is 16.5. The summed E-state index contributed by atoms with van der Waals surface area (Å²) in [7, 11) is 0. The van der Waals surface area contributed by atoms with E-state index in [1.807, 2.05) is 24.6 Å². The summed E-state index contributed by atoms with van der Waals surface area (Å²) in [5, 5.41) is 7.50. The van der Waals surface area contributed by atoms with Gasteiger partial charge in [0.1, 0.15) is 5.75 Å². The van der Waals surface area contributed by atoms with Gasteiger partial charge in [0.05, 0.1) is 5.69 Å². The molecule has 3 rings (SSSR count). The van der Waals surface area contributed by atoms with Gasteiger partial charge >= 0.3 is 0 Å². The van der Waals surface area contributed by atoms with Crippen LogP contribution in [0.2, 0.25) is 0 Å². The first kappa shape index (κ1) is 16.6. The molecule has 0 saturated carbocycles. The first-order chi connectivity index (χ1) is 11.4. The van der Waals surface area contributed by atoms with Crippen LogP contribution in [-0.4, -0.2) is 21.8 Å². The van der Waals surface area contributed by atoms with E-state index in [0.717, 1.165) is 34.8 Å². The summed E-state index contributed by atoms with van der Waals surface area (Å²) >= 11 is 0. The van der Waals surface area contributed by atoms with Crippen molar-refractivity contribution in [3.63, 3.8) is 0 Å². The maximum atomic E-state index is 12.5. The number of benzene rings is 1. The molecule has 1 aromatic carbocycles. The van der Waals surface area contributed by atoms with Gasteiger partial charge in [-0.1, -0.05) is 6.07 Å². The second kappa shape index (κ2) is 6.30. The molecule has 24 heavy (non-hydrogen) atoms. The maximum absolute atomic E-state index is 12.5. The molecule has 0 fully saturated rings. The van der Waals surface area contributed by atoms with Crippen molar-refractivity contribution in [2.45, 2.75) is 60.2 Å². The zero-order valence-electron chi connectivity index (χ0n) is 15.1. The van der Waals surface area contributed by atoms with Gasteiger partial charge < -0.3 is 10.1 Å². The van der Waals surface area contributed by atoms with Crippen molar-refractivity contribution in [3.05, 3.63) is 45.8 Å². The monoisotopic (exact) mass is 327 g/mol. The average molecular weight is 327 g/mol. The molecule has 0 spiro atoms. The third-order valence-electron chi connectivity index (χ3n) is 4.91. The molecule has 2 heterocycles. The van der Waals surface area contributed by atoms with Crippen molar-refractivity contribution in [3.8, 4) is 5.75 Å². The van der Waals surface area contributed by atoms with Crippen LogP contribution in [0.25, 0.3) is 0 Å². The van der Waals surface area contributed by atoms with Crippen LogP contribution >= 0.6 is 0 Å². The minimum atomic E-state index is -0.442. The van der Waals surface area contributed by atoms with Crippen LogP contribution in [0, 0.1) is 27.7 Å². The lowest BCUT2D eigenvalue weighted by atomic mass is 10.0. The Balaban J connectivity index is 1.66. The van der Waals surface area contributed by atoms with E-state index < -0.39 is 6.10 Å². The number of aromatic nitrogens is 2. The number of carbonyl (C=O) groups excluding carboxylic acids is 1. The SMILES string of the molecule is CCn1nc(C)c(CNC(=O)C2Cc3cc(C)c(C)cc3O2)c1C. The number of hydrogen-bond acceptors (Lipinski definition) is 3. The number of rotatable bonds is 4. The second-order valence-electron chi connectivity index (χ2n) is 6.54. The van der Waals surface area contributed by atoms with Gasteiger partial charge in [0.2, 0.25) is 0 Å². The highest BCUT2D eigenvalue weighted by molar-refractivity contribution is 5.82. The Morgan fingerprint density at radius 2 is 2.00 bits per heavy atom. The molecular weight excluding hydrogens is 302 g/mol. The molecule has 0 bridgehead atoms. The van der Waals surface area contributed by atoms with Crippen molar-refractivity contribution in [2.75, 3.05) is 0 Å². The minimum absolute atomic E-state index is 0.0652. The van der Waals surface area contributed by atoms with Crippen molar-refractivity contribution in [2.24, 2.45) is 0 Å². The number of carbonyl (C=O) groups is 1. The number of aryl methyl sites for hydroxylation is 4. The third kappa shape index (κ3) is 2.90. The van der Waals surface area contributed by atoms with Gasteiger partial charge in [-0.15, -0.1) is 0 Å². The van der Waals surface area contributed by atoms with E-state index in [-0.39, 0.29) is 5.91 Å². The van der Waals surface area contributed by atoms with Crippen LogP contribution in [0.3, 0.4) is 0 Å². The number of nitrogens with zero attached hydrogens (tertiary/aromatic N) is 2. The summed E-state index contributed by atoms with van der Waals surface area (Å²) in [6.45, 7) is 11.6. The van der Waals surface area contributed by atoms with E-state index >= 15 is 0 Å². The van der Waals surface area contributed by atoms with Gasteiger partial charge in [-0.05, 0) is 57.4 Å². The predicted molar refractivity (Wildman–Crippen MR) is 93.3 cm³/mol. The van der Waals surface area contributed by atoms with E-state index in [0.29, 0.717) is 13.0 Å². The normalized spacial score (nSPS) is 16.0. The molecule has 5 heteroatoms. The van der Waals surface area contributed by atoms with E-state index in [4.69, 9.17) is 4.74 Å². The summed E-state index contributed by atoms with van der Waals surface area (Å²) in [5.41, 5.74) is 6.70. The number of fused-ring (bicyclic) bond motifs is 1. The van der Waals surface area contributed by atoms with Gasteiger partial charge in [0.15, 0.2) is 6.10 Å². The Hall–Kier alpha value is -2.30. The highest BCUT2D eigenvalue weighted by Crippen LogP contribution is 2.31. The number of amides is 1. The Kier molecular flexibility index (Phi) is 4.35. The van der Waals surface area contributed by atoms with Crippen molar-refractivity contribution < 1.29 is 9.53 Å². The van der Waals surface area contributed by atoms with Crippen LogP contribution in [-0.2, 0) is 24.3 Å². The third-order valence-corrected chi connectivity index (χ3v) is 4.91. The van der Waals surface area contributed by atoms with E-state index in [1.54, 1.807) is 0 Å². The summed E-state index contributed by atoms with van der Waals surface area (Å²) < 4.78 is 7.81. The fourth-order valence-corrected chi connectivity index (χ4v) is 3.25. The molecule has 1 N–H and O–H groups in total. The van der Waals surface area contributed by atoms with Crippen LogP contribution in [0.5, 0.6) is 5.75 Å². The van der Waals surface area contributed by atoms with Gasteiger partial charge in [-0.3, -0.25) is 9.48 Å². The Labute approximate surface area is 143 Å². The number of nitrogens with one attached hydrogen (secondary N) is 1. The van der Waals surface area contributed by atoms with E-state index in [2.05, 4.69) is 37.3 Å². The van der Waals surface area contributed by atoms with Crippen LogP contribution < -0.4 is 10.1 Å². The van der Waals surface area contributed by atoms with Crippen molar-refractivity contribution in [1.29, 1.82) is 0 Å². The smallest absolute Gasteiger partial charge is 0.261 e. The first-order valence-corrected chi connectivity index (χ1v) is 8.48. The van der Waals surface area contributed by atoms with E-state index in [1.165, 1.54) is 11.1 Å². The molecule has 1 aliphatic heterocycles. The minimum Gasteiger partial charge on any atom is -0.480 e. The molecule has 1 aliphatic rings. The largest absolute Gasteiger partial charge is 0.480 e. The number of ether oxygens (including phenoxy) is 1. The average Bonchev–Trinajstić information content (AvgIpc) is 3.06. The Bertz CT molecular complexity index is 761. The molecule has 1 amide bonds. The Morgan fingerprint density at radius 1 is 1.29 bits per heavy atom. The predicted octanol–water partition coefficient (Wildman–Crippen LogP) is 2.76. The summed E-state index contributed by atoms with van der Waals surface area (Å²) in [4.78, 5) is 12.5. The summed E-state index contributed by atoms with van der Waals surface area (Å²) in [6, 6.07) is 4.15. The maximum Gasteiger partial charge on any atom is 0.261 e. The topological polar surface area (TPSA) is 56.2 Å². The zero-order valence-corrected chi connectivity index (χ0v) is 15.1. The van der Waals surface area contributed by atoms with Crippen molar-refractivity contribution >= 4 is 5.91 Å². The molecule has 0 saturated heterocycles. The van der Waals surface area contributed by atoms with Gasteiger partial charge in [0.25, 0.3) is 5.91 Å². The Morgan fingerprint density at radius 3 is 2.67 bits per heavy atom. The molecule has 1 aromatic heterocycles. The molecule has 5 nitrogen and oxygen atoms in total. The fraction of sp³-hybridized carbons (Fsp3) is 0.474. The molecule has 0 aliphatic carbocycles. The lowest BCUT2D eigenvalue weighted by Gasteiger charge is -2.12. The lowest BCUT2D eigenvalue weighted by molar-refractivity contribution is -0.127. The first-order valence-electron chi connectivity index (χ1n) is 8.48. The van der Waals surface area contributed by atoms with Crippen LogP contribution in [0.15, 0.2) is 12.1 Å². The second-order valence-corrected chi connectivity index (χ2v) is 6.54. The zero-order chi connectivity index (χ0) is 17.4. The summed E-state index contributed by atoms with van der Waals surface area (Å²) in [6.07, 6.45) is 0.192. The van der Waals surface area contributed by atoms with Crippen LogP contribution in [0.1, 0.15) is 40.6 Å². The highest BCUT2D eigenvalue weighted by Gasteiger charge is 2.29. The molecular formula is C19H25N3O2. The van der Waals surface area contributed by atoms with Crippen molar-refractivity contribution in [1.82, 2.24) is 15.1 Å². The molecule has 0 radical (unpaired) electrons. The standard InChI is InChI=1S/C19H25N3O2/c1-6-22-14(5)16(13(4)21-22)10-20-19(23)18-9-15-7-11(2)12(3)8-17(15)24-18/h7-8,18H,6,9-10H2,1-5H3,(H,20,23). The van der Waals surface area contributed by atoms with Gasteiger partial charge in [-0.25, -0.2) is 0 Å². The van der Waals surface area contributed by atoms with Gasteiger partial charge in [-0.2, -0.15) is 5.10 Å². The lowest BCUT2D eigenvalue weighted by Crippen LogP contribution is -2.37. The molecule has 1 atom stereocenters. The summed E-state index contributed by atoms with van der Waals surface area (Å²) in [5.74, 6) is 0.772. The van der Waals surface area contributed by atoms with Gasteiger partial charge in [0, 0.05) is 30.8 Å². The molecule has 2 aromatic rings. The fourth-order valence-electron chi connectivity index (χ4n) is 3.25. The molecule has 1 unspecified atom stereocenters. The quantitative estimate of drug-likeness (QED) is 0.939. The van der Waals surface area contributed by atoms with E-state index in [9.17, 15) is 4.79 Å².